The van der Waals surface area contributed by atoms with Crippen LogP contribution < -0.4 is 10.1 Å². The summed E-state index contributed by atoms with van der Waals surface area (Å²) in [5, 5.41) is 3.17. The third-order valence-corrected chi connectivity index (χ3v) is 7.08. The SMILES string of the molecule is CCc1ccc(CN2CCC3(CC2)CC3C(=O)NCCc2ccccc2OC)cc1. The number of carbonyl (C=O) groups is 1. The molecule has 1 aliphatic carbocycles. The zero-order chi connectivity index (χ0) is 21.0. The summed E-state index contributed by atoms with van der Waals surface area (Å²) in [7, 11) is 1.69. The fourth-order valence-corrected chi connectivity index (χ4v) is 4.92. The average Bonchev–Trinajstić information content (AvgIpc) is 3.50. The standard InChI is InChI=1S/C26H34N2O2/c1-3-20-8-10-21(11-9-20)19-28-16-13-26(14-17-28)18-23(26)25(29)27-15-12-22-6-4-5-7-24(22)30-2/h4-11,23H,3,12-19H2,1-2H3,(H,27,29). The molecule has 4 heteroatoms. The summed E-state index contributed by atoms with van der Waals surface area (Å²) < 4.78 is 5.40. The first-order valence-electron chi connectivity index (χ1n) is 11.3. The third-order valence-electron chi connectivity index (χ3n) is 7.08. The van der Waals surface area contributed by atoms with Crippen molar-refractivity contribution in [3.63, 3.8) is 0 Å². The summed E-state index contributed by atoms with van der Waals surface area (Å²) in [4.78, 5) is 15.2. The van der Waals surface area contributed by atoms with E-state index < -0.39 is 0 Å². The van der Waals surface area contributed by atoms with Gasteiger partial charge in [-0.1, -0.05) is 49.4 Å². The second-order valence-corrected chi connectivity index (χ2v) is 8.92. The monoisotopic (exact) mass is 406 g/mol. The molecule has 1 saturated carbocycles. The molecule has 2 aromatic rings. The van der Waals surface area contributed by atoms with E-state index in [1.165, 1.54) is 11.1 Å². The number of methoxy groups -OCH3 is 1. The molecule has 1 saturated heterocycles. The van der Waals surface area contributed by atoms with Crippen LogP contribution in [0.15, 0.2) is 48.5 Å². The Bertz CT molecular complexity index is 854. The Kier molecular flexibility index (Phi) is 6.43. The molecule has 1 amide bonds. The lowest BCUT2D eigenvalue weighted by molar-refractivity contribution is -0.123. The summed E-state index contributed by atoms with van der Waals surface area (Å²) in [5.74, 6) is 1.35. The molecule has 1 atom stereocenters. The number of nitrogens with zero attached hydrogens (tertiary/aromatic N) is 1. The van der Waals surface area contributed by atoms with Crippen LogP contribution in [-0.4, -0.2) is 37.6 Å². The molecule has 0 bridgehead atoms. The fourth-order valence-electron chi connectivity index (χ4n) is 4.92. The number of rotatable bonds is 8. The predicted octanol–water partition coefficient (Wildman–Crippen LogP) is 4.22. The van der Waals surface area contributed by atoms with E-state index in [0.717, 1.165) is 63.1 Å². The minimum Gasteiger partial charge on any atom is -0.496 e. The van der Waals surface area contributed by atoms with Crippen molar-refractivity contribution in [2.75, 3.05) is 26.7 Å². The van der Waals surface area contributed by atoms with Crippen LogP contribution in [0.3, 0.4) is 0 Å². The molecule has 30 heavy (non-hydrogen) atoms. The van der Waals surface area contributed by atoms with Crippen molar-refractivity contribution in [1.29, 1.82) is 0 Å². The number of nitrogens with one attached hydrogen (secondary N) is 1. The van der Waals surface area contributed by atoms with Gasteiger partial charge in [-0.15, -0.1) is 0 Å². The Labute approximate surface area is 180 Å². The smallest absolute Gasteiger partial charge is 0.223 e. The largest absolute Gasteiger partial charge is 0.496 e. The van der Waals surface area contributed by atoms with E-state index in [2.05, 4.69) is 47.5 Å². The van der Waals surface area contributed by atoms with E-state index in [9.17, 15) is 4.79 Å². The van der Waals surface area contributed by atoms with Crippen molar-refractivity contribution in [3.8, 4) is 5.75 Å². The second-order valence-electron chi connectivity index (χ2n) is 8.92. The number of hydrogen-bond donors (Lipinski definition) is 1. The van der Waals surface area contributed by atoms with Crippen LogP contribution >= 0.6 is 0 Å². The van der Waals surface area contributed by atoms with E-state index in [0.29, 0.717) is 6.54 Å². The molecule has 0 radical (unpaired) electrons. The van der Waals surface area contributed by atoms with Crippen LogP contribution in [0.4, 0.5) is 0 Å². The van der Waals surface area contributed by atoms with Gasteiger partial charge in [-0.25, -0.2) is 0 Å². The topological polar surface area (TPSA) is 41.6 Å². The average molecular weight is 407 g/mol. The highest BCUT2D eigenvalue weighted by Gasteiger charge is 2.58. The van der Waals surface area contributed by atoms with Crippen molar-refractivity contribution in [3.05, 3.63) is 65.2 Å². The van der Waals surface area contributed by atoms with E-state index in [4.69, 9.17) is 4.74 Å². The summed E-state index contributed by atoms with van der Waals surface area (Å²) in [6, 6.07) is 17.0. The van der Waals surface area contributed by atoms with Gasteiger partial charge in [0.2, 0.25) is 5.91 Å². The van der Waals surface area contributed by atoms with Crippen LogP contribution in [0.2, 0.25) is 0 Å². The number of para-hydroxylation sites is 1. The molecular weight excluding hydrogens is 372 g/mol. The molecular formula is C26H34N2O2. The maximum absolute atomic E-state index is 12.7. The Morgan fingerprint density at radius 3 is 2.50 bits per heavy atom. The second kappa shape index (κ2) is 9.22. The molecule has 1 N–H and O–H groups in total. The number of likely N-dealkylation sites (tertiary alicyclic amines) is 1. The maximum atomic E-state index is 12.7. The van der Waals surface area contributed by atoms with Gasteiger partial charge in [-0.05, 0) is 73.4 Å². The Morgan fingerprint density at radius 2 is 1.80 bits per heavy atom. The Hall–Kier alpha value is -2.33. The predicted molar refractivity (Wildman–Crippen MR) is 121 cm³/mol. The normalized spacial score (nSPS) is 20.1. The van der Waals surface area contributed by atoms with Gasteiger partial charge >= 0.3 is 0 Å². The molecule has 1 aliphatic heterocycles. The molecule has 1 spiro atoms. The zero-order valence-electron chi connectivity index (χ0n) is 18.3. The molecule has 2 aliphatic rings. The number of aryl methyl sites for hydroxylation is 1. The fraction of sp³-hybridized carbons (Fsp3) is 0.500. The molecule has 160 valence electrons. The van der Waals surface area contributed by atoms with Crippen molar-refractivity contribution >= 4 is 5.91 Å². The van der Waals surface area contributed by atoms with Gasteiger partial charge in [0.15, 0.2) is 0 Å². The zero-order valence-corrected chi connectivity index (χ0v) is 18.3. The van der Waals surface area contributed by atoms with Gasteiger partial charge in [0.25, 0.3) is 0 Å². The van der Waals surface area contributed by atoms with Crippen LogP contribution in [0.5, 0.6) is 5.75 Å². The molecule has 1 heterocycles. The highest BCUT2D eigenvalue weighted by atomic mass is 16.5. The summed E-state index contributed by atoms with van der Waals surface area (Å²) >= 11 is 0. The number of ether oxygens (including phenoxy) is 1. The van der Waals surface area contributed by atoms with E-state index in [1.807, 2.05) is 18.2 Å². The minimum atomic E-state index is 0.209. The molecule has 0 aromatic heterocycles. The summed E-state index contributed by atoms with van der Waals surface area (Å²) in [6.45, 7) is 6.09. The maximum Gasteiger partial charge on any atom is 0.223 e. The molecule has 2 fully saturated rings. The summed E-state index contributed by atoms with van der Waals surface area (Å²) in [6.07, 6.45) is 5.25. The van der Waals surface area contributed by atoms with Crippen LogP contribution in [0.25, 0.3) is 0 Å². The Morgan fingerprint density at radius 1 is 1.10 bits per heavy atom. The number of carbonyl (C=O) groups excluding carboxylic acids is 1. The first kappa shape index (κ1) is 20.9. The highest BCUT2D eigenvalue weighted by molar-refractivity contribution is 5.82. The van der Waals surface area contributed by atoms with Crippen molar-refractivity contribution in [2.45, 2.75) is 45.6 Å². The molecule has 1 unspecified atom stereocenters. The Balaban J connectivity index is 1.21. The lowest BCUT2D eigenvalue weighted by Crippen LogP contribution is -2.37. The van der Waals surface area contributed by atoms with Crippen LogP contribution in [0, 0.1) is 11.3 Å². The molecule has 4 rings (SSSR count). The van der Waals surface area contributed by atoms with Gasteiger partial charge in [0, 0.05) is 19.0 Å². The van der Waals surface area contributed by atoms with E-state index >= 15 is 0 Å². The number of piperidine rings is 1. The first-order chi connectivity index (χ1) is 14.6. The molecule has 2 aromatic carbocycles. The van der Waals surface area contributed by atoms with Gasteiger partial charge in [0.05, 0.1) is 7.11 Å². The lowest BCUT2D eigenvalue weighted by Gasteiger charge is -2.32. The molecule has 4 nitrogen and oxygen atoms in total. The van der Waals surface area contributed by atoms with E-state index in [1.54, 1.807) is 7.11 Å². The van der Waals surface area contributed by atoms with Gasteiger partial charge in [-0.3, -0.25) is 9.69 Å². The third kappa shape index (κ3) is 4.70. The van der Waals surface area contributed by atoms with Crippen molar-refractivity contribution in [1.82, 2.24) is 10.2 Å². The summed E-state index contributed by atoms with van der Waals surface area (Å²) in [5.41, 5.74) is 4.20. The van der Waals surface area contributed by atoms with Crippen molar-refractivity contribution in [2.24, 2.45) is 11.3 Å². The van der Waals surface area contributed by atoms with Crippen LogP contribution in [-0.2, 0) is 24.2 Å². The highest BCUT2D eigenvalue weighted by Crippen LogP contribution is 2.59. The van der Waals surface area contributed by atoms with Gasteiger partial charge in [-0.2, -0.15) is 0 Å². The first-order valence-corrected chi connectivity index (χ1v) is 11.3. The van der Waals surface area contributed by atoms with Crippen LogP contribution in [0.1, 0.15) is 42.9 Å². The van der Waals surface area contributed by atoms with E-state index in [-0.39, 0.29) is 17.2 Å². The van der Waals surface area contributed by atoms with Gasteiger partial charge < -0.3 is 10.1 Å². The number of amides is 1. The lowest BCUT2D eigenvalue weighted by atomic mass is 9.90. The minimum absolute atomic E-state index is 0.209. The number of hydrogen-bond acceptors (Lipinski definition) is 3. The van der Waals surface area contributed by atoms with Gasteiger partial charge in [0.1, 0.15) is 5.75 Å². The quantitative estimate of drug-likeness (QED) is 0.714. The van der Waals surface area contributed by atoms with Crippen molar-refractivity contribution < 1.29 is 9.53 Å². The number of benzene rings is 2.